The summed E-state index contributed by atoms with van der Waals surface area (Å²) in [6.07, 6.45) is -7.16. The van der Waals surface area contributed by atoms with Crippen LogP contribution in [-0.2, 0) is 101 Å². The third-order valence-corrected chi connectivity index (χ3v) is 20.5. The molecule has 2 heterocycles. The molecule has 38 nitrogen and oxygen atoms in total. The maximum absolute atomic E-state index is 15.2. The monoisotopic (exact) mass is 1650 g/mol. The van der Waals surface area contributed by atoms with Crippen LogP contribution >= 0.6 is 11.8 Å². The summed E-state index contributed by atoms with van der Waals surface area (Å²) in [5.41, 5.74) is 8.26. The first-order chi connectivity index (χ1) is 55.4. The first-order valence-corrected chi connectivity index (χ1v) is 38.8. The molecular weight excluding hydrogens is 1550 g/mol. The number of hydrogen-bond donors (Lipinski definition) is 18. The van der Waals surface area contributed by atoms with Crippen molar-refractivity contribution in [3.05, 3.63) is 132 Å². The van der Waals surface area contributed by atoms with Crippen LogP contribution in [0.2, 0.25) is 0 Å². The molecule has 2 fully saturated rings. The Morgan fingerprint density at radius 2 is 0.957 bits per heavy atom. The number of carbonyl (C=O) groups excluding carboxylic acids is 15. The van der Waals surface area contributed by atoms with E-state index in [9.17, 15) is 103 Å². The van der Waals surface area contributed by atoms with Gasteiger partial charge in [-0.3, -0.25) is 81.5 Å². The Kier molecular flexibility index (Phi) is 36.4. The Morgan fingerprint density at radius 1 is 0.496 bits per heavy atom. The maximum Gasteiger partial charge on any atom is 0.305 e. The zero-order valence-electron chi connectivity index (χ0n) is 65.6. The fourth-order valence-electron chi connectivity index (χ4n) is 12.7. The van der Waals surface area contributed by atoms with Crippen molar-refractivity contribution in [2.45, 2.75) is 177 Å². The molecule has 19 N–H and O–H groups in total. The van der Waals surface area contributed by atoms with Crippen molar-refractivity contribution in [2.24, 2.45) is 11.7 Å². The lowest BCUT2D eigenvalue weighted by molar-refractivity contribution is -0.146. The van der Waals surface area contributed by atoms with Crippen molar-refractivity contribution in [1.82, 2.24) is 73.2 Å². The van der Waals surface area contributed by atoms with Gasteiger partial charge in [-0.25, -0.2) is 0 Å². The second-order valence-electron chi connectivity index (χ2n) is 28.7. The third kappa shape index (κ3) is 28.2. The third-order valence-electron chi connectivity index (χ3n) is 19.4. The Bertz CT molecular complexity index is 4190. The van der Waals surface area contributed by atoms with E-state index in [0.717, 1.165) is 58.5 Å². The van der Waals surface area contributed by atoms with Crippen LogP contribution < -0.4 is 64.2 Å². The van der Waals surface area contributed by atoms with E-state index in [2.05, 4.69) is 58.5 Å². The number of aliphatic hydroxyl groups excluding tert-OH is 4. The number of aliphatic hydroxyl groups is 4. The number of nitrogens with zero attached hydrogens (tertiary/aromatic N) is 3. The molecule has 4 aromatic rings. The van der Waals surface area contributed by atoms with E-state index in [1.165, 1.54) is 27.8 Å². The predicted octanol–water partition coefficient (Wildman–Crippen LogP) is -5.02. The summed E-state index contributed by atoms with van der Waals surface area (Å²) in [4.78, 5) is 241. The number of carboxylic acid groups (broad SMARTS) is 2. The summed E-state index contributed by atoms with van der Waals surface area (Å²) in [5.74, 6) is -21.7. The molecule has 0 aliphatic carbocycles. The van der Waals surface area contributed by atoms with Gasteiger partial charge in [-0.05, 0) is 73.8 Å². The largest absolute Gasteiger partial charge is 0.481 e. The molecule has 15 amide bonds. The predicted molar refractivity (Wildman–Crippen MR) is 420 cm³/mol. The SMILES string of the molecule is CC(C)[C@@H]1NC(=O)[C@H](Cc2ccccc2)NC(=O)CSC[C@@H](C(=O)NCC(N)=O)NC(=O)[C@@H]2CCCN2C(=O)[C@H](CO)NC(=O)[C@H](CCC(=O)O)NC(=O)[C@H](C)N(C)C(=O)[C@H](Cc2ccc(-c3ccccc3)cc2)NC(=O)[C@H](Cc2ccccc2)N(C)C(=O)[C@H](CO)NC(=O)[C@H]([C@@H](C)O)NC(=O)[C@H]([C@@H](C)O)NC(=O)[C@H](CC(=O)O)NC1=O. The van der Waals surface area contributed by atoms with E-state index in [4.69, 9.17) is 5.73 Å². The van der Waals surface area contributed by atoms with Gasteiger partial charge in [0.1, 0.15) is 78.5 Å². The molecule has 0 saturated carbocycles. The van der Waals surface area contributed by atoms with E-state index >= 15 is 9.59 Å². The van der Waals surface area contributed by atoms with E-state index < -0.39 is 248 Å². The highest BCUT2D eigenvalue weighted by atomic mass is 32.2. The lowest BCUT2D eigenvalue weighted by atomic mass is 9.98. The van der Waals surface area contributed by atoms with Crippen molar-refractivity contribution < 1.29 is 112 Å². The second kappa shape index (κ2) is 45.4. The van der Waals surface area contributed by atoms with Crippen LogP contribution in [0.4, 0.5) is 0 Å². The fourth-order valence-corrected chi connectivity index (χ4v) is 13.6. The molecule has 2 aliphatic rings. The van der Waals surface area contributed by atoms with E-state index in [1.807, 2.05) is 30.3 Å². The quantitative estimate of drug-likeness (QED) is 0.0394. The van der Waals surface area contributed by atoms with Crippen molar-refractivity contribution in [3.8, 4) is 11.1 Å². The Balaban J connectivity index is 1.41. The van der Waals surface area contributed by atoms with Crippen molar-refractivity contribution >= 4 is 112 Å². The normalized spacial score (nSPS) is 25.0. The molecule has 15 atom stereocenters. The van der Waals surface area contributed by atoms with Gasteiger partial charge in [0, 0.05) is 52.1 Å². The number of hydrogen-bond acceptors (Lipinski definition) is 22. The summed E-state index contributed by atoms with van der Waals surface area (Å²) in [6.45, 7) is 2.94. The number of carboxylic acids is 2. The molecule has 634 valence electrons. The number of likely N-dealkylation sites (N-methyl/N-ethyl adjacent to an activating group) is 2. The highest BCUT2D eigenvalue weighted by Gasteiger charge is 2.43. The smallest absolute Gasteiger partial charge is 0.305 e. The van der Waals surface area contributed by atoms with Gasteiger partial charge >= 0.3 is 11.9 Å². The van der Waals surface area contributed by atoms with Crippen LogP contribution in [0.1, 0.15) is 83.4 Å². The molecule has 2 aliphatic heterocycles. The summed E-state index contributed by atoms with van der Waals surface area (Å²) in [6, 6.07) is 9.21. The molecule has 0 radical (unpaired) electrons. The van der Waals surface area contributed by atoms with Crippen molar-refractivity contribution in [2.75, 3.05) is 51.9 Å². The minimum atomic E-state index is -2.13. The molecule has 117 heavy (non-hydrogen) atoms. The topological polar surface area (TPSA) is 580 Å². The Morgan fingerprint density at radius 3 is 1.51 bits per heavy atom. The number of benzene rings is 4. The van der Waals surface area contributed by atoms with Crippen LogP contribution in [-0.4, -0.2) is 289 Å². The Labute approximate surface area is 678 Å². The van der Waals surface area contributed by atoms with Crippen molar-refractivity contribution in [3.63, 3.8) is 0 Å². The van der Waals surface area contributed by atoms with Gasteiger partial charge in [-0.1, -0.05) is 129 Å². The molecule has 4 aromatic carbocycles. The molecule has 6 rings (SSSR count). The average Bonchev–Trinajstić information content (AvgIpc) is 1.26. The highest BCUT2D eigenvalue weighted by molar-refractivity contribution is 8.00. The Hall–Kier alpha value is -11.9. The van der Waals surface area contributed by atoms with Crippen LogP contribution in [0.15, 0.2) is 115 Å². The number of aliphatic carboxylic acids is 2. The van der Waals surface area contributed by atoms with Crippen LogP contribution in [0, 0.1) is 5.92 Å². The molecule has 39 heteroatoms. The number of nitrogens with two attached hydrogens (primary N) is 1. The molecule has 0 aromatic heterocycles. The lowest BCUT2D eigenvalue weighted by Gasteiger charge is -2.34. The zero-order chi connectivity index (χ0) is 86.5. The van der Waals surface area contributed by atoms with Crippen molar-refractivity contribution in [1.29, 1.82) is 0 Å². The van der Waals surface area contributed by atoms with Gasteiger partial charge in [0.05, 0.1) is 44.1 Å². The van der Waals surface area contributed by atoms with Gasteiger partial charge in [-0.2, -0.15) is 0 Å². The first-order valence-electron chi connectivity index (χ1n) is 37.7. The minimum Gasteiger partial charge on any atom is -0.481 e. The molecule has 0 unspecified atom stereocenters. The second-order valence-corrected chi connectivity index (χ2v) is 29.7. The standard InChI is InChI=1S/C78H103N15O23S/c1-41(2)63-73(111)83-52(35-62(102)103)70(108)89-65(44(5)97)75(113)90-64(43(4)96)74(112)86-54(37-94)77(115)92(7)58(34-46-20-13-9-14-21-46)72(110)84-53(33-47-25-27-49(28-26-47)48-22-15-10-16-23-48)76(114)91(6)42(3)66(104)82-50(29-30-61(100)101)68(106)85-55(38-95)78(116)93-31-17-24-57(93)71(109)87-56(67(105)80-36-59(79)98)39-117-40-60(99)81-51(69(107)88-63)32-45-18-11-8-12-19-45/h8-16,18-23,25-28,41-44,50-58,63-65,94-97H,17,24,29-40H2,1-7H3,(H2,79,98)(H,80,105)(H,81,99)(H,82,104)(H,83,111)(H,84,110)(H,85,106)(H,86,112)(H,87,109)(H,88,107)(H,89,108)(H,90,113)(H,100,101)(H,102,103)/t42-,43+,44+,50-,51-,52-,53-,54-,55-,56-,57-,58-,63-,64-,65-/m0/s1. The molecular formula is C78H103N15O23S. The maximum atomic E-state index is 15.2. The van der Waals surface area contributed by atoms with Crippen LogP contribution in [0.5, 0.6) is 0 Å². The van der Waals surface area contributed by atoms with Gasteiger partial charge < -0.3 is 110 Å². The summed E-state index contributed by atoms with van der Waals surface area (Å²) >= 11 is 0.737. The van der Waals surface area contributed by atoms with Gasteiger partial charge in [0.2, 0.25) is 88.6 Å². The van der Waals surface area contributed by atoms with Gasteiger partial charge in [0.25, 0.3) is 0 Å². The number of fused-ring (bicyclic) bond motifs is 1. The number of carbonyl (C=O) groups is 17. The number of amides is 15. The lowest BCUT2D eigenvalue weighted by Crippen LogP contribution is -2.64. The summed E-state index contributed by atoms with van der Waals surface area (Å²) < 4.78 is 0. The number of primary amides is 1. The van der Waals surface area contributed by atoms with E-state index in [0.29, 0.717) is 16.7 Å². The van der Waals surface area contributed by atoms with Crippen LogP contribution in [0.25, 0.3) is 11.1 Å². The highest BCUT2D eigenvalue weighted by Crippen LogP contribution is 2.23. The number of rotatable bonds is 20. The zero-order valence-corrected chi connectivity index (χ0v) is 66.4. The average molecular weight is 1650 g/mol. The first kappa shape index (κ1) is 93.9. The number of thioether (sulfide) groups is 1. The molecule has 0 spiro atoms. The van der Waals surface area contributed by atoms with Gasteiger partial charge in [0.15, 0.2) is 0 Å². The van der Waals surface area contributed by atoms with Crippen LogP contribution in [0.3, 0.4) is 0 Å². The fraction of sp³-hybridized carbons (Fsp3) is 0.474. The van der Waals surface area contributed by atoms with Gasteiger partial charge in [-0.15, -0.1) is 11.8 Å². The van der Waals surface area contributed by atoms with E-state index in [1.54, 1.807) is 84.9 Å². The number of nitrogens with one attached hydrogen (secondary N) is 11. The molecule has 0 bridgehead atoms. The summed E-state index contributed by atoms with van der Waals surface area (Å²) in [7, 11) is 2.31. The van der Waals surface area contributed by atoms with E-state index in [-0.39, 0.29) is 38.6 Å². The summed E-state index contributed by atoms with van der Waals surface area (Å²) in [5, 5.41) is 89.6. The minimum absolute atomic E-state index is 0.0578. The molecule has 2 saturated heterocycles.